The number of ether oxygens (including phenoxy) is 2. The molecule has 0 aliphatic carbocycles. The Labute approximate surface area is 185 Å². The third kappa shape index (κ3) is 4.32. The minimum absolute atomic E-state index is 0.141. The maximum absolute atomic E-state index is 12.5. The number of nitrogens with one attached hydrogen (secondary N) is 1. The van der Waals surface area contributed by atoms with E-state index in [1.807, 2.05) is 49.4 Å². The predicted molar refractivity (Wildman–Crippen MR) is 124 cm³/mol. The van der Waals surface area contributed by atoms with Crippen LogP contribution in [0.1, 0.15) is 5.56 Å². The second-order valence-electron chi connectivity index (χ2n) is 7.39. The summed E-state index contributed by atoms with van der Waals surface area (Å²) in [5.41, 5.74) is 2.75. The molecule has 0 aliphatic heterocycles. The van der Waals surface area contributed by atoms with Crippen LogP contribution in [0.15, 0.2) is 71.5 Å². The van der Waals surface area contributed by atoms with Crippen molar-refractivity contribution in [3.8, 4) is 22.8 Å². The van der Waals surface area contributed by atoms with Gasteiger partial charge in [0.1, 0.15) is 11.5 Å². The van der Waals surface area contributed by atoms with E-state index >= 15 is 0 Å². The summed E-state index contributed by atoms with van der Waals surface area (Å²) in [5.74, 6) is 0.814. The van der Waals surface area contributed by atoms with Gasteiger partial charge in [0.25, 0.3) is 11.5 Å². The number of methoxy groups -OCH3 is 1. The molecular weight excluding hydrogens is 406 g/mol. The Morgan fingerprint density at radius 1 is 1.03 bits per heavy atom. The SMILES string of the molecule is COc1ccc(-c2nn(C)c(=O)c3ccccc23)cc1NC(=O)COc1cccc(C)c1. The van der Waals surface area contributed by atoms with Crippen molar-refractivity contribution < 1.29 is 14.3 Å². The molecule has 7 heteroatoms. The number of anilines is 1. The van der Waals surface area contributed by atoms with Crippen molar-refractivity contribution >= 4 is 22.4 Å². The summed E-state index contributed by atoms with van der Waals surface area (Å²) >= 11 is 0. The van der Waals surface area contributed by atoms with E-state index in [1.54, 1.807) is 31.3 Å². The monoisotopic (exact) mass is 429 g/mol. The average molecular weight is 429 g/mol. The predicted octanol–water partition coefficient (Wildman–Crippen LogP) is 3.94. The highest BCUT2D eigenvalue weighted by atomic mass is 16.5. The van der Waals surface area contributed by atoms with Gasteiger partial charge in [-0.25, -0.2) is 4.68 Å². The maximum atomic E-state index is 12.5. The molecule has 0 unspecified atom stereocenters. The molecule has 0 saturated heterocycles. The lowest BCUT2D eigenvalue weighted by Gasteiger charge is -2.14. The molecule has 0 atom stereocenters. The average Bonchev–Trinajstić information content (AvgIpc) is 2.80. The van der Waals surface area contributed by atoms with Gasteiger partial charge in [0.2, 0.25) is 0 Å². The summed E-state index contributed by atoms with van der Waals surface area (Å²) in [4.78, 5) is 25.0. The van der Waals surface area contributed by atoms with Crippen molar-refractivity contribution in [1.29, 1.82) is 0 Å². The van der Waals surface area contributed by atoms with Gasteiger partial charge in [-0.2, -0.15) is 5.10 Å². The first-order valence-corrected chi connectivity index (χ1v) is 10.1. The summed E-state index contributed by atoms with van der Waals surface area (Å²) in [6, 6.07) is 20.2. The van der Waals surface area contributed by atoms with Gasteiger partial charge in [-0.05, 0) is 48.9 Å². The lowest BCUT2D eigenvalue weighted by Crippen LogP contribution is -2.21. The number of carbonyl (C=O) groups excluding carboxylic acids is 1. The fourth-order valence-corrected chi connectivity index (χ4v) is 3.51. The Kier molecular flexibility index (Phi) is 5.89. The molecule has 1 aromatic heterocycles. The molecule has 4 aromatic rings. The molecule has 0 aliphatic rings. The minimum atomic E-state index is -0.319. The highest BCUT2D eigenvalue weighted by Crippen LogP contribution is 2.32. The molecule has 1 heterocycles. The number of rotatable bonds is 6. The fourth-order valence-electron chi connectivity index (χ4n) is 3.51. The molecule has 0 saturated carbocycles. The maximum Gasteiger partial charge on any atom is 0.274 e. The first-order chi connectivity index (χ1) is 15.5. The van der Waals surface area contributed by atoms with Crippen LogP contribution in [0.5, 0.6) is 11.5 Å². The highest BCUT2D eigenvalue weighted by Gasteiger charge is 2.14. The van der Waals surface area contributed by atoms with Crippen LogP contribution in [0.4, 0.5) is 5.69 Å². The standard InChI is InChI=1S/C25H23N3O4/c1-16-7-6-8-18(13-16)32-15-23(29)26-21-14-17(11-12-22(21)31-3)24-19-9-4-5-10-20(19)25(30)28(2)27-24/h4-14H,15H2,1-3H3,(H,26,29). The number of benzene rings is 3. The van der Waals surface area contributed by atoms with E-state index < -0.39 is 0 Å². The molecule has 0 radical (unpaired) electrons. The van der Waals surface area contributed by atoms with Crippen molar-refractivity contribution in [3.63, 3.8) is 0 Å². The summed E-state index contributed by atoms with van der Waals surface area (Å²) in [6.45, 7) is 1.82. The van der Waals surface area contributed by atoms with E-state index in [0.29, 0.717) is 28.3 Å². The second-order valence-corrected chi connectivity index (χ2v) is 7.39. The second kappa shape index (κ2) is 8.93. The first-order valence-electron chi connectivity index (χ1n) is 10.1. The third-order valence-electron chi connectivity index (χ3n) is 5.06. The third-order valence-corrected chi connectivity index (χ3v) is 5.06. The molecule has 7 nitrogen and oxygen atoms in total. The van der Waals surface area contributed by atoms with E-state index in [1.165, 1.54) is 11.8 Å². The van der Waals surface area contributed by atoms with Gasteiger partial charge in [0, 0.05) is 18.0 Å². The van der Waals surface area contributed by atoms with Crippen LogP contribution in [-0.4, -0.2) is 29.4 Å². The highest BCUT2D eigenvalue weighted by molar-refractivity contribution is 5.97. The van der Waals surface area contributed by atoms with Crippen molar-refractivity contribution in [2.75, 3.05) is 19.0 Å². The van der Waals surface area contributed by atoms with E-state index in [-0.39, 0.29) is 18.1 Å². The van der Waals surface area contributed by atoms with Gasteiger partial charge in [-0.15, -0.1) is 0 Å². The molecule has 162 valence electrons. The zero-order valence-electron chi connectivity index (χ0n) is 18.1. The molecule has 0 spiro atoms. The van der Waals surface area contributed by atoms with Crippen LogP contribution in [0.2, 0.25) is 0 Å². The van der Waals surface area contributed by atoms with E-state index in [2.05, 4.69) is 10.4 Å². The summed E-state index contributed by atoms with van der Waals surface area (Å²) in [6.07, 6.45) is 0. The largest absolute Gasteiger partial charge is 0.495 e. The van der Waals surface area contributed by atoms with Gasteiger partial charge < -0.3 is 14.8 Å². The van der Waals surface area contributed by atoms with Gasteiger partial charge in [0.05, 0.1) is 23.9 Å². The number of hydrogen-bond donors (Lipinski definition) is 1. The van der Waals surface area contributed by atoms with Crippen LogP contribution in [0.3, 0.4) is 0 Å². The van der Waals surface area contributed by atoms with Gasteiger partial charge in [-0.1, -0.05) is 30.3 Å². The zero-order chi connectivity index (χ0) is 22.7. The Balaban J connectivity index is 1.64. The number of aromatic nitrogens is 2. The molecular formula is C25H23N3O4. The number of carbonyl (C=O) groups is 1. The Morgan fingerprint density at radius 2 is 1.81 bits per heavy atom. The molecule has 1 amide bonds. The fraction of sp³-hybridized carbons (Fsp3) is 0.160. The first kappa shape index (κ1) is 21.1. The lowest BCUT2D eigenvalue weighted by molar-refractivity contribution is -0.118. The van der Waals surface area contributed by atoms with Crippen molar-refractivity contribution in [2.24, 2.45) is 7.05 Å². The van der Waals surface area contributed by atoms with Crippen LogP contribution in [0.25, 0.3) is 22.0 Å². The summed E-state index contributed by atoms with van der Waals surface area (Å²) in [5, 5.41) is 8.62. The number of amides is 1. The summed E-state index contributed by atoms with van der Waals surface area (Å²) < 4.78 is 12.3. The number of nitrogens with zero attached hydrogens (tertiary/aromatic N) is 2. The minimum Gasteiger partial charge on any atom is -0.495 e. The van der Waals surface area contributed by atoms with Crippen LogP contribution in [0, 0.1) is 6.92 Å². The molecule has 0 fully saturated rings. The van der Waals surface area contributed by atoms with Gasteiger partial charge in [0.15, 0.2) is 6.61 Å². The Hall–Kier alpha value is -4.13. The van der Waals surface area contributed by atoms with Gasteiger partial charge >= 0.3 is 0 Å². The van der Waals surface area contributed by atoms with Crippen molar-refractivity contribution in [1.82, 2.24) is 9.78 Å². The van der Waals surface area contributed by atoms with E-state index in [4.69, 9.17) is 9.47 Å². The van der Waals surface area contributed by atoms with E-state index in [0.717, 1.165) is 16.5 Å². The molecule has 4 rings (SSSR count). The quantitative estimate of drug-likeness (QED) is 0.502. The number of aryl methyl sites for hydroxylation is 2. The Bertz CT molecular complexity index is 1360. The molecule has 1 N–H and O–H groups in total. The lowest BCUT2D eigenvalue weighted by atomic mass is 10.0. The zero-order valence-corrected chi connectivity index (χ0v) is 18.1. The van der Waals surface area contributed by atoms with Crippen LogP contribution >= 0.6 is 0 Å². The summed E-state index contributed by atoms with van der Waals surface area (Å²) in [7, 11) is 3.15. The topological polar surface area (TPSA) is 82.5 Å². The number of hydrogen-bond acceptors (Lipinski definition) is 5. The van der Waals surface area contributed by atoms with Gasteiger partial charge in [-0.3, -0.25) is 9.59 Å². The smallest absolute Gasteiger partial charge is 0.274 e. The van der Waals surface area contributed by atoms with Crippen LogP contribution in [-0.2, 0) is 11.8 Å². The van der Waals surface area contributed by atoms with Crippen molar-refractivity contribution in [2.45, 2.75) is 6.92 Å². The van der Waals surface area contributed by atoms with E-state index in [9.17, 15) is 9.59 Å². The molecule has 32 heavy (non-hydrogen) atoms. The van der Waals surface area contributed by atoms with Crippen LogP contribution < -0.4 is 20.3 Å². The van der Waals surface area contributed by atoms with Crippen molar-refractivity contribution in [3.05, 3.63) is 82.6 Å². The molecule has 0 bridgehead atoms. The Morgan fingerprint density at radius 3 is 2.56 bits per heavy atom. The molecule has 3 aromatic carbocycles. The normalized spacial score (nSPS) is 10.7. The number of fused-ring (bicyclic) bond motifs is 1.